The molecule has 0 radical (unpaired) electrons. The van der Waals surface area contributed by atoms with Crippen LogP contribution in [-0.4, -0.2) is 29.6 Å². The molecule has 5 nitrogen and oxygen atoms in total. The summed E-state index contributed by atoms with van der Waals surface area (Å²) < 4.78 is 5.98. The number of pyridine rings is 1. The van der Waals surface area contributed by atoms with Gasteiger partial charge in [-0.15, -0.1) is 0 Å². The molecule has 2 atom stereocenters. The summed E-state index contributed by atoms with van der Waals surface area (Å²) >= 11 is 0. The molecule has 0 aromatic carbocycles. The van der Waals surface area contributed by atoms with Crippen LogP contribution in [0.2, 0.25) is 0 Å². The van der Waals surface area contributed by atoms with E-state index in [1.165, 1.54) is 25.7 Å². The summed E-state index contributed by atoms with van der Waals surface area (Å²) in [5.74, 6) is 2.40. The Labute approximate surface area is 145 Å². The number of aliphatic imine (C=N–C) groups is 1. The summed E-state index contributed by atoms with van der Waals surface area (Å²) in [4.78, 5) is 9.11. The summed E-state index contributed by atoms with van der Waals surface area (Å²) in [7, 11) is 0. The second kappa shape index (κ2) is 8.36. The minimum absolute atomic E-state index is 0.347. The smallest absolute Gasteiger partial charge is 0.213 e. The zero-order valence-electron chi connectivity index (χ0n) is 14.9. The van der Waals surface area contributed by atoms with Gasteiger partial charge in [-0.1, -0.05) is 19.4 Å². The van der Waals surface area contributed by atoms with Crippen molar-refractivity contribution in [2.24, 2.45) is 10.9 Å². The average molecular weight is 330 g/mol. The third kappa shape index (κ3) is 5.11. The summed E-state index contributed by atoms with van der Waals surface area (Å²) in [5, 5.41) is 6.78. The number of guanidine groups is 1. The molecule has 3 rings (SSSR count). The van der Waals surface area contributed by atoms with Crippen molar-refractivity contribution in [3.63, 3.8) is 0 Å². The van der Waals surface area contributed by atoms with E-state index in [-0.39, 0.29) is 0 Å². The number of hydrogen-bond acceptors (Lipinski definition) is 3. The Bertz CT molecular complexity index is 537. The maximum absolute atomic E-state index is 5.98. The van der Waals surface area contributed by atoms with Gasteiger partial charge in [0.15, 0.2) is 5.96 Å². The largest absolute Gasteiger partial charge is 0.474 e. The van der Waals surface area contributed by atoms with Crippen LogP contribution in [0, 0.1) is 5.92 Å². The van der Waals surface area contributed by atoms with Crippen LogP contribution in [0.15, 0.2) is 23.3 Å². The second-order valence-electron chi connectivity index (χ2n) is 7.04. The predicted octanol–water partition coefficient (Wildman–Crippen LogP) is 3.26. The van der Waals surface area contributed by atoms with Gasteiger partial charge >= 0.3 is 0 Å². The standard InChI is InChI=1S/C19H30N4O/c1-3-20-19(23-17-11-14(17)2)22-13-15-9-10-18(21-12-15)24-16-7-5-4-6-8-16/h9-10,12,14,16-17H,3-8,11,13H2,1-2H3,(H2,20,22,23). The highest BCUT2D eigenvalue weighted by atomic mass is 16.5. The van der Waals surface area contributed by atoms with Crippen LogP contribution >= 0.6 is 0 Å². The zero-order chi connectivity index (χ0) is 16.8. The molecule has 2 unspecified atom stereocenters. The third-order valence-corrected chi connectivity index (χ3v) is 4.83. The van der Waals surface area contributed by atoms with Crippen LogP contribution in [0.3, 0.4) is 0 Å². The molecule has 0 bridgehead atoms. The van der Waals surface area contributed by atoms with Gasteiger partial charge in [-0.05, 0) is 50.5 Å². The summed E-state index contributed by atoms with van der Waals surface area (Å²) in [6.45, 7) is 5.86. The number of aromatic nitrogens is 1. The number of rotatable bonds is 6. The molecule has 1 aromatic rings. The van der Waals surface area contributed by atoms with Crippen molar-refractivity contribution in [3.05, 3.63) is 23.9 Å². The molecular formula is C19H30N4O. The highest BCUT2D eigenvalue weighted by molar-refractivity contribution is 5.80. The van der Waals surface area contributed by atoms with Crippen molar-refractivity contribution in [1.82, 2.24) is 15.6 Å². The Morgan fingerprint density at radius 2 is 2.08 bits per heavy atom. The first-order valence-electron chi connectivity index (χ1n) is 9.41. The van der Waals surface area contributed by atoms with Crippen LogP contribution in [0.5, 0.6) is 5.88 Å². The Morgan fingerprint density at radius 3 is 2.71 bits per heavy atom. The molecule has 0 aliphatic heterocycles. The first-order valence-corrected chi connectivity index (χ1v) is 9.41. The minimum atomic E-state index is 0.347. The lowest BCUT2D eigenvalue weighted by molar-refractivity contribution is 0.148. The van der Waals surface area contributed by atoms with Gasteiger partial charge in [0.2, 0.25) is 5.88 Å². The van der Waals surface area contributed by atoms with E-state index in [0.29, 0.717) is 18.7 Å². The number of hydrogen-bond donors (Lipinski definition) is 2. The van der Waals surface area contributed by atoms with E-state index in [0.717, 1.165) is 42.7 Å². The molecule has 1 aromatic heterocycles. The van der Waals surface area contributed by atoms with Gasteiger partial charge in [0.1, 0.15) is 6.10 Å². The summed E-state index contributed by atoms with van der Waals surface area (Å²) in [5.41, 5.74) is 1.10. The molecule has 2 fully saturated rings. The van der Waals surface area contributed by atoms with Gasteiger partial charge in [0, 0.05) is 24.8 Å². The Morgan fingerprint density at radius 1 is 1.29 bits per heavy atom. The molecule has 0 saturated heterocycles. The SMILES string of the molecule is CCNC(=NCc1ccc(OC2CCCCC2)nc1)NC1CC1C. The monoisotopic (exact) mass is 330 g/mol. The van der Waals surface area contributed by atoms with Crippen LogP contribution < -0.4 is 15.4 Å². The van der Waals surface area contributed by atoms with Gasteiger partial charge in [-0.2, -0.15) is 0 Å². The van der Waals surface area contributed by atoms with Gasteiger partial charge in [0.25, 0.3) is 0 Å². The maximum Gasteiger partial charge on any atom is 0.213 e. The second-order valence-corrected chi connectivity index (χ2v) is 7.04. The fourth-order valence-corrected chi connectivity index (χ4v) is 3.12. The molecule has 0 amide bonds. The molecule has 2 saturated carbocycles. The Hall–Kier alpha value is -1.78. The zero-order valence-corrected chi connectivity index (χ0v) is 14.9. The fraction of sp³-hybridized carbons (Fsp3) is 0.684. The normalized spacial score (nSPS) is 24.5. The molecule has 2 aliphatic carbocycles. The third-order valence-electron chi connectivity index (χ3n) is 4.83. The maximum atomic E-state index is 5.98. The van der Waals surface area contributed by atoms with Crippen molar-refractivity contribution in [2.75, 3.05) is 6.54 Å². The van der Waals surface area contributed by atoms with Crippen molar-refractivity contribution in [2.45, 2.75) is 71.1 Å². The molecule has 1 heterocycles. The minimum Gasteiger partial charge on any atom is -0.474 e. The van der Waals surface area contributed by atoms with Crippen molar-refractivity contribution in [3.8, 4) is 5.88 Å². The first kappa shape index (κ1) is 17.1. The highest BCUT2D eigenvalue weighted by Gasteiger charge is 2.33. The van der Waals surface area contributed by atoms with E-state index < -0.39 is 0 Å². The van der Waals surface area contributed by atoms with E-state index in [4.69, 9.17) is 4.74 Å². The van der Waals surface area contributed by atoms with Gasteiger partial charge in [-0.25, -0.2) is 9.98 Å². The van der Waals surface area contributed by atoms with Gasteiger partial charge in [0.05, 0.1) is 6.54 Å². The highest BCUT2D eigenvalue weighted by Crippen LogP contribution is 2.28. The Kier molecular flexibility index (Phi) is 5.94. The van der Waals surface area contributed by atoms with E-state index in [1.54, 1.807) is 0 Å². The molecule has 2 N–H and O–H groups in total. The molecule has 132 valence electrons. The first-order chi connectivity index (χ1) is 11.7. The Balaban J connectivity index is 1.51. The number of nitrogens with one attached hydrogen (secondary N) is 2. The molecular weight excluding hydrogens is 300 g/mol. The lowest BCUT2D eigenvalue weighted by Gasteiger charge is -2.22. The van der Waals surface area contributed by atoms with Crippen LogP contribution in [-0.2, 0) is 6.54 Å². The summed E-state index contributed by atoms with van der Waals surface area (Å²) in [6, 6.07) is 4.62. The lowest BCUT2D eigenvalue weighted by Crippen LogP contribution is -2.39. The summed E-state index contributed by atoms with van der Waals surface area (Å²) in [6.07, 6.45) is 9.67. The van der Waals surface area contributed by atoms with E-state index in [1.807, 2.05) is 12.3 Å². The van der Waals surface area contributed by atoms with Crippen LogP contribution in [0.1, 0.15) is 57.9 Å². The van der Waals surface area contributed by atoms with E-state index in [2.05, 4.69) is 40.5 Å². The predicted molar refractivity (Wildman–Crippen MR) is 97.3 cm³/mol. The number of nitrogens with zero attached hydrogens (tertiary/aromatic N) is 2. The van der Waals surface area contributed by atoms with Crippen LogP contribution in [0.4, 0.5) is 0 Å². The lowest BCUT2D eigenvalue weighted by atomic mass is 9.98. The molecule has 2 aliphatic rings. The van der Waals surface area contributed by atoms with Gasteiger partial charge < -0.3 is 15.4 Å². The topological polar surface area (TPSA) is 58.5 Å². The van der Waals surface area contributed by atoms with Crippen LogP contribution in [0.25, 0.3) is 0 Å². The quantitative estimate of drug-likeness (QED) is 0.621. The van der Waals surface area contributed by atoms with E-state index in [9.17, 15) is 0 Å². The van der Waals surface area contributed by atoms with Crippen molar-refractivity contribution in [1.29, 1.82) is 0 Å². The van der Waals surface area contributed by atoms with Crippen molar-refractivity contribution < 1.29 is 4.74 Å². The molecule has 24 heavy (non-hydrogen) atoms. The fourth-order valence-electron chi connectivity index (χ4n) is 3.12. The van der Waals surface area contributed by atoms with Crippen molar-refractivity contribution >= 4 is 5.96 Å². The average Bonchev–Trinajstić information content (AvgIpc) is 3.30. The molecule has 0 spiro atoms. The van der Waals surface area contributed by atoms with Gasteiger partial charge in [-0.3, -0.25) is 0 Å². The molecule has 5 heteroatoms. The number of ether oxygens (including phenoxy) is 1. The van der Waals surface area contributed by atoms with E-state index >= 15 is 0 Å².